The van der Waals surface area contributed by atoms with Gasteiger partial charge in [-0.15, -0.1) is 0 Å². The van der Waals surface area contributed by atoms with Gasteiger partial charge in [-0.2, -0.15) is 13.9 Å². The Balaban J connectivity index is 1.26. The molecule has 0 atom stereocenters. The minimum Gasteiger partial charge on any atom is -0.486 e. The minimum atomic E-state index is -3.30. The molecule has 0 aliphatic carbocycles. The van der Waals surface area contributed by atoms with Gasteiger partial charge in [0.15, 0.2) is 11.4 Å². The Morgan fingerprint density at radius 3 is 2.51 bits per heavy atom. The van der Waals surface area contributed by atoms with Gasteiger partial charge in [-0.3, -0.25) is 14.4 Å². The van der Waals surface area contributed by atoms with Gasteiger partial charge in [0.05, 0.1) is 6.20 Å². The highest BCUT2D eigenvalue weighted by atomic mass is 19.3. The average molecular weight is 536 g/mol. The van der Waals surface area contributed by atoms with Gasteiger partial charge in [0.25, 0.3) is 11.8 Å². The Bertz CT molecular complexity index is 1560. The fourth-order valence-corrected chi connectivity index (χ4v) is 4.06. The lowest BCUT2D eigenvalue weighted by molar-refractivity contribution is -0.159. The number of nitrogens with zero attached hydrogens (tertiary/aromatic N) is 3. The molecule has 0 saturated heterocycles. The number of Topliss-reactive ketones (excluding diaryl/α,β-unsaturated/α-hetero) is 1. The van der Waals surface area contributed by atoms with E-state index >= 15 is 0 Å². The van der Waals surface area contributed by atoms with Crippen molar-refractivity contribution in [1.29, 1.82) is 0 Å². The fourth-order valence-electron chi connectivity index (χ4n) is 4.06. The van der Waals surface area contributed by atoms with Crippen LogP contribution in [0.2, 0.25) is 0 Å². The maximum Gasteiger partial charge on any atom is 0.394 e. The van der Waals surface area contributed by atoms with E-state index in [4.69, 9.17) is 4.74 Å². The Morgan fingerprint density at radius 2 is 1.74 bits per heavy atom. The Hall–Kier alpha value is -4.87. The number of nitrogens with one attached hydrogen (secondary N) is 2. The normalized spacial score (nSPS) is 12.9. The molecule has 3 heterocycles. The largest absolute Gasteiger partial charge is 0.486 e. The fraction of sp³-hybridized carbons (Fsp3) is 0.222. The summed E-state index contributed by atoms with van der Waals surface area (Å²) in [6.45, 7) is 0.979. The zero-order valence-corrected chi connectivity index (χ0v) is 20.7. The Morgan fingerprint density at radius 1 is 1.03 bits per heavy atom. The molecule has 4 aromatic rings. The van der Waals surface area contributed by atoms with E-state index in [2.05, 4.69) is 25.5 Å². The number of benzene rings is 2. The van der Waals surface area contributed by atoms with Gasteiger partial charge in [0.1, 0.15) is 29.5 Å². The average Bonchev–Trinajstić information content (AvgIpc) is 3.38. The van der Waals surface area contributed by atoms with Crippen LogP contribution in [-0.2, 0) is 24.3 Å². The zero-order valence-electron chi connectivity index (χ0n) is 20.7. The van der Waals surface area contributed by atoms with E-state index < -0.39 is 17.9 Å². The highest BCUT2D eigenvalue weighted by Crippen LogP contribution is 2.24. The lowest BCUT2D eigenvalue weighted by atomic mass is 10.0. The van der Waals surface area contributed by atoms with Crippen LogP contribution in [0, 0.1) is 0 Å². The Kier molecular flexibility index (Phi) is 6.92. The van der Waals surface area contributed by atoms with Crippen LogP contribution in [0.1, 0.15) is 44.6 Å². The summed E-state index contributed by atoms with van der Waals surface area (Å²) in [7, 11) is 0. The summed E-state index contributed by atoms with van der Waals surface area (Å²) < 4.78 is 37.2. The molecule has 2 N–H and O–H groups in total. The number of rotatable bonds is 8. The van der Waals surface area contributed by atoms with E-state index in [-0.39, 0.29) is 49.0 Å². The number of aromatic nitrogens is 3. The Labute approximate surface area is 220 Å². The molecular formula is C27H23F2N5O5. The third-order valence-corrected chi connectivity index (χ3v) is 5.85. The molecule has 2 aromatic heterocycles. The molecule has 0 radical (unpaired) electrons. The van der Waals surface area contributed by atoms with E-state index in [0.717, 1.165) is 11.1 Å². The van der Waals surface area contributed by atoms with Gasteiger partial charge in [-0.05, 0) is 35.4 Å². The number of fused-ring (bicyclic) bond motifs is 2. The SMILES string of the molecule is CC(F)(F)Oc1ccc(CNC(=O)c2cc(C(=O)NCc3ccc4c(c3)CC(=O)CO4)nc3ccnn23)cc1. The zero-order chi connectivity index (χ0) is 27.6. The lowest BCUT2D eigenvalue weighted by Crippen LogP contribution is -2.28. The number of hydrogen-bond acceptors (Lipinski definition) is 7. The topological polar surface area (TPSA) is 124 Å². The highest BCUT2D eigenvalue weighted by Gasteiger charge is 2.23. The minimum absolute atomic E-state index is 0.00202. The first-order valence-corrected chi connectivity index (χ1v) is 12.0. The number of ether oxygens (including phenoxy) is 2. The van der Waals surface area contributed by atoms with E-state index in [1.165, 1.54) is 28.9 Å². The predicted octanol–water partition coefficient (Wildman–Crippen LogP) is 3.08. The summed E-state index contributed by atoms with van der Waals surface area (Å²) in [4.78, 5) is 41.9. The monoisotopic (exact) mass is 535 g/mol. The molecule has 0 unspecified atom stereocenters. The molecular weight excluding hydrogens is 512 g/mol. The molecule has 5 rings (SSSR count). The van der Waals surface area contributed by atoms with Crippen LogP contribution in [0.3, 0.4) is 0 Å². The van der Waals surface area contributed by atoms with Crippen molar-refractivity contribution in [2.75, 3.05) is 6.61 Å². The van der Waals surface area contributed by atoms with Crippen molar-refractivity contribution in [2.24, 2.45) is 0 Å². The van der Waals surface area contributed by atoms with E-state index in [1.807, 2.05) is 6.07 Å². The lowest BCUT2D eigenvalue weighted by Gasteiger charge is -2.17. The second-order valence-electron chi connectivity index (χ2n) is 8.99. The summed E-state index contributed by atoms with van der Waals surface area (Å²) in [5.74, 6) is -0.376. The first-order valence-electron chi connectivity index (χ1n) is 12.0. The molecule has 2 aromatic carbocycles. The predicted molar refractivity (Wildman–Crippen MR) is 134 cm³/mol. The van der Waals surface area contributed by atoms with Crippen LogP contribution >= 0.6 is 0 Å². The van der Waals surface area contributed by atoms with Crippen LogP contribution in [0.4, 0.5) is 8.78 Å². The number of carbonyl (C=O) groups excluding carboxylic acids is 3. The van der Waals surface area contributed by atoms with Crippen molar-refractivity contribution in [1.82, 2.24) is 25.2 Å². The maximum atomic E-state index is 13.0. The first-order chi connectivity index (χ1) is 18.6. The molecule has 12 heteroatoms. The van der Waals surface area contributed by atoms with Crippen molar-refractivity contribution in [2.45, 2.75) is 32.5 Å². The third kappa shape index (κ3) is 6.17. The molecule has 0 fully saturated rings. The van der Waals surface area contributed by atoms with Crippen molar-refractivity contribution in [3.05, 3.63) is 88.9 Å². The second kappa shape index (κ2) is 10.5. The number of hydrogen-bond donors (Lipinski definition) is 2. The van der Waals surface area contributed by atoms with Gasteiger partial charge in [-0.25, -0.2) is 9.50 Å². The van der Waals surface area contributed by atoms with Crippen molar-refractivity contribution in [3.63, 3.8) is 0 Å². The maximum absolute atomic E-state index is 13.0. The number of amides is 2. The van der Waals surface area contributed by atoms with Crippen molar-refractivity contribution < 1.29 is 32.6 Å². The molecule has 0 spiro atoms. The van der Waals surface area contributed by atoms with Crippen molar-refractivity contribution >= 4 is 23.2 Å². The van der Waals surface area contributed by atoms with E-state index in [0.29, 0.717) is 23.9 Å². The summed E-state index contributed by atoms with van der Waals surface area (Å²) in [5.41, 5.74) is 2.61. The number of ketones is 1. The van der Waals surface area contributed by atoms with Gasteiger partial charge >= 0.3 is 6.11 Å². The molecule has 0 bridgehead atoms. The standard InChI is InChI=1S/C27H23F2N5O5/c1-27(28,29)39-20-5-2-16(3-6-20)13-31-26(37)22-12-21(33-24-8-9-32-34(22)24)25(36)30-14-17-4-7-23-18(10-17)11-19(35)15-38-23/h2-10,12H,11,13-15H2,1H3,(H,30,36)(H,31,37). The quantitative estimate of drug-likeness (QED) is 0.355. The summed E-state index contributed by atoms with van der Waals surface area (Å²) in [6, 6.07) is 14.2. The van der Waals surface area contributed by atoms with Gasteiger partial charge in [0, 0.05) is 44.1 Å². The summed E-state index contributed by atoms with van der Waals surface area (Å²) >= 11 is 0. The van der Waals surface area contributed by atoms with Gasteiger partial charge in [0.2, 0.25) is 0 Å². The summed E-state index contributed by atoms with van der Waals surface area (Å²) in [5, 5.41) is 9.63. The molecule has 10 nitrogen and oxygen atoms in total. The van der Waals surface area contributed by atoms with Crippen LogP contribution in [0.25, 0.3) is 5.65 Å². The number of halogens is 2. The van der Waals surface area contributed by atoms with Crippen LogP contribution in [-0.4, -0.2) is 44.9 Å². The highest BCUT2D eigenvalue weighted by molar-refractivity contribution is 5.98. The van der Waals surface area contributed by atoms with E-state index in [1.54, 1.807) is 30.3 Å². The van der Waals surface area contributed by atoms with Crippen LogP contribution in [0.15, 0.2) is 60.8 Å². The number of carbonyl (C=O) groups is 3. The second-order valence-corrected chi connectivity index (χ2v) is 8.99. The van der Waals surface area contributed by atoms with Gasteiger partial charge < -0.3 is 20.1 Å². The molecule has 1 aliphatic heterocycles. The van der Waals surface area contributed by atoms with Crippen molar-refractivity contribution in [3.8, 4) is 11.5 Å². The summed E-state index contributed by atoms with van der Waals surface area (Å²) in [6.07, 6.45) is -1.56. The first kappa shape index (κ1) is 25.8. The van der Waals surface area contributed by atoms with Crippen LogP contribution < -0.4 is 20.1 Å². The smallest absolute Gasteiger partial charge is 0.394 e. The molecule has 0 saturated carbocycles. The number of alkyl halides is 2. The third-order valence-electron chi connectivity index (χ3n) is 5.85. The molecule has 200 valence electrons. The van der Waals surface area contributed by atoms with E-state index in [9.17, 15) is 23.2 Å². The van der Waals surface area contributed by atoms with Crippen LogP contribution in [0.5, 0.6) is 11.5 Å². The molecule has 2 amide bonds. The van der Waals surface area contributed by atoms with Gasteiger partial charge in [-0.1, -0.05) is 18.2 Å². The molecule has 39 heavy (non-hydrogen) atoms. The molecule has 1 aliphatic rings.